The molecule has 5 nitrogen and oxygen atoms in total. The zero-order valence-corrected chi connectivity index (χ0v) is 18.4. The van der Waals surface area contributed by atoms with Gasteiger partial charge in [-0.3, -0.25) is 4.84 Å². The van der Waals surface area contributed by atoms with Crippen LogP contribution in [0.5, 0.6) is 5.75 Å². The van der Waals surface area contributed by atoms with Crippen molar-refractivity contribution in [1.29, 1.82) is 0 Å². The lowest BCUT2D eigenvalue weighted by Crippen LogP contribution is -2.41. The lowest BCUT2D eigenvalue weighted by molar-refractivity contribution is -0.176. The van der Waals surface area contributed by atoms with Crippen LogP contribution in [0.3, 0.4) is 0 Å². The van der Waals surface area contributed by atoms with E-state index in [0.29, 0.717) is 11.6 Å². The van der Waals surface area contributed by atoms with Crippen LogP contribution in [0.2, 0.25) is 10.0 Å². The summed E-state index contributed by atoms with van der Waals surface area (Å²) >= 11 is 12.1. The van der Waals surface area contributed by atoms with E-state index < -0.39 is 0 Å². The molecule has 0 radical (unpaired) electrons. The third-order valence-corrected chi connectivity index (χ3v) is 6.12. The molecule has 4 rings (SSSR count). The maximum Gasteiger partial charge on any atom is 0.119 e. The van der Waals surface area contributed by atoms with Gasteiger partial charge in [0.1, 0.15) is 5.75 Å². The number of halogens is 2. The normalized spacial score (nSPS) is 21.8. The standard InChI is InChI=1S/C23H25Cl2N3O2/c1-27-23(16-28-13-12-26-17-28,18-4-6-19(24)7-5-18)15-22(30-27)3-2-14-29-21-10-8-20(25)9-11-21/h4-13,17,22H,2-3,14-16H2,1H3. The number of aromatic nitrogens is 2. The third kappa shape index (κ3) is 4.81. The van der Waals surface area contributed by atoms with Crippen molar-refractivity contribution in [2.75, 3.05) is 13.7 Å². The highest BCUT2D eigenvalue weighted by atomic mass is 35.5. The molecule has 0 saturated carbocycles. The number of ether oxygens (including phenoxy) is 1. The van der Waals surface area contributed by atoms with E-state index in [2.05, 4.69) is 21.7 Å². The average molecular weight is 446 g/mol. The maximum atomic E-state index is 6.27. The number of likely N-dealkylation sites (N-methyl/N-ethyl adjacent to an activating group) is 1. The predicted molar refractivity (Wildman–Crippen MR) is 119 cm³/mol. The minimum absolute atomic E-state index is 0.114. The summed E-state index contributed by atoms with van der Waals surface area (Å²) in [5.41, 5.74) is 0.899. The number of hydroxylamine groups is 2. The topological polar surface area (TPSA) is 39.5 Å². The van der Waals surface area contributed by atoms with Gasteiger partial charge in [-0.15, -0.1) is 0 Å². The molecule has 2 atom stereocenters. The molecular weight excluding hydrogens is 421 g/mol. The molecule has 1 aliphatic heterocycles. The number of rotatable bonds is 8. The van der Waals surface area contributed by atoms with E-state index in [9.17, 15) is 0 Å². The van der Waals surface area contributed by atoms with Gasteiger partial charge in [-0.1, -0.05) is 35.3 Å². The van der Waals surface area contributed by atoms with Crippen LogP contribution < -0.4 is 4.74 Å². The number of nitrogens with zero attached hydrogens (tertiary/aromatic N) is 3. The Bertz CT molecular complexity index is 932. The molecule has 1 fully saturated rings. The first kappa shape index (κ1) is 21.2. The second-order valence-electron chi connectivity index (χ2n) is 7.65. The second-order valence-corrected chi connectivity index (χ2v) is 8.52. The minimum Gasteiger partial charge on any atom is -0.494 e. The molecule has 158 valence electrons. The maximum absolute atomic E-state index is 6.27. The molecule has 1 aromatic heterocycles. The summed E-state index contributed by atoms with van der Waals surface area (Å²) in [4.78, 5) is 10.5. The van der Waals surface area contributed by atoms with Gasteiger partial charge in [0.25, 0.3) is 0 Å². The fraction of sp³-hybridized carbons (Fsp3) is 0.348. The summed E-state index contributed by atoms with van der Waals surface area (Å²) in [6, 6.07) is 15.5. The largest absolute Gasteiger partial charge is 0.494 e. The monoisotopic (exact) mass is 445 g/mol. The van der Waals surface area contributed by atoms with Crippen LogP contribution in [-0.2, 0) is 16.9 Å². The molecule has 3 aromatic rings. The molecule has 0 aliphatic carbocycles. The van der Waals surface area contributed by atoms with E-state index in [0.717, 1.165) is 36.6 Å². The van der Waals surface area contributed by atoms with Gasteiger partial charge in [0.15, 0.2) is 0 Å². The molecule has 1 aliphatic rings. The van der Waals surface area contributed by atoms with Crippen LogP contribution in [0, 0.1) is 0 Å². The van der Waals surface area contributed by atoms with Crippen LogP contribution in [0.25, 0.3) is 0 Å². The van der Waals surface area contributed by atoms with Crippen molar-refractivity contribution >= 4 is 23.2 Å². The fourth-order valence-electron chi connectivity index (χ4n) is 4.05. The quantitative estimate of drug-likeness (QED) is 0.424. The van der Waals surface area contributed by atoms with E-state index in [1.165, 1.54) is 5.56 Å². The fourth-order valence-corrected chi connectivity index (χ4v) is 4.30. The molecule has 7 heteroatoms. The molecule has 0 N–H and O–H groups in total. The van der Waals surface area contributed by atoms with Gasteiger partial charge in [0, 0.05) is 42.5 Å². The lowest BCUT2D eigenvalue weighted by atomic mass is 9.84. The van der Waals surface area contributed by atoms with Crippen molar-refractivity contribution in [2.45, 2.75) is 37.5 Å². The van der Waals surface area contributed by atoms with E-state index >= 15 is 0 Å². The molecule has 2 heterocycles. The molecule has 1 saturated heterocycles. The van der Waals surface area contributed by atoms with Crippen molar-refractivity contribution in [2.24, 2.45) is 0 Å². The van der Waals surface area contributed by atoms with Gasteiger partial charge in [0.2, 0.25) is 0 Å². The second kappa shape index (κ2) is 9.40. The van der Waals surface area contributed by atoms with E-state index in [1.807, 2.05) is 61.0 Å². The summed E-state index contributed by atoms with van der Waals surface area (Å²) in [5.74, 6) is 0.833. The summed E-state index contributed by atoms with van der Waals surface area (Å²) < 4.78 is 7.93. The predicted octanol–water partition coefficient (Wildman–Crippen LogP) is 5.58. The lowest BCUT2D eigenvalue weighted by Gasteiger charge is -2.35. The van der Waals surface area contributed by atoms with Crippen molar-refractivity contribution in [3.8, 4) is 5.75 Å². The highest BCUT2D eigenvalue weighted by Gasteiger charge is 2.46. The minimum atomic E-state index is -0.285. The Kier molecular flexibility index (Phi) is 6.64. The van der Waals surface area contributed by atoms with Crippen LogP contribution in [0.1, 0.15) is 24.8 Å². The number of imidazole rings is 1. The summed E-state index contributed by atoms with van der Waals surface area (Å²) in [6.45, 7) is 1.39. The smallest absolute Gasteiger partial charge is 0.119 e. The van der Waals surface area contributed by atoms with E-state index in [1.54, 1.807) is 6.20 Å². The zero-order valence-electron chi connectivity index (χ0n) is 16.9. The first-order chi connectivity index (χ1) is 14.5. The van der Waals surface area contributed by atoms with Crippen LogP contribution in [-0.4, -0.2) is 34.4 Å². The molecule has 0 bridgehead atoms. The van der Waals surface area contributed by atoms with Gasteiger partial charge in [-0.25, -0.2) is 4.98 Å². The van der Waals surface area contributed by atoms with E-state index in [-0.39, 0.29) is 11.6 Å². The van der Waals surface area contributed by atoms with Crippen molar-refractivity contribution < 1.29 is 9.57 Å². The van der Waals surface area contributed by atoms with Gasteiger partial charge < -0.3 is 9.30 Å². The molecule has 2 aromatic carbocycles. The van der Waals surface area contributed by atoms with Gasteiger partial charge in [-0.2, -0.15) is 5.06 Å². The van der Waals surface area contributed by atoms with Gasteiger partial charge in [-0.05, 0) is 54.8 Å². The summed E-state index contributed by atoms with van der Waals surface area (Å²) in [7, 11) is 2.01. The SMILES string of the molecule is CN1OC(CCCOc2ccc(Cl)cc2)CC1(Cn1ccnc1)c1ccc(Cl)cc1. The number of hydrogen-bond donors (Lipinski definition) is 0. The summed E-state index contributed by atoms with van der Waals surface area (Å²) in [6.07, 6.45) is 8.45. The van der Waals surface area contributed by atoms with E-state index in [4.69, 9.17) is 32.8 Å². The van der Waals surface area contributed by atoms with Crippen LogP contribution >= 0.6 is 23.2 Å². The van der Waals surface area contributed by atoms with Crippen molar-refractivity contribution in [1.82, 2.24) is 14.6 Å². The van der Waals surface area contributed by atoms with Crippen molar-refractivity contribution in [3.63, 3.8) is 0 Å². The van der Waals surface area contributed by atoms with Gasteiger partial charge >= 0.3 is 0 Å². The highest BCUT2D eigenvalue weighted by Crippen LogP contribution is 2.42. The Morgan fingerprint density at radius 2 is 1.80 bits per heavy atom. The zero-order chi connectivity index (χ0) is 21.0. The summed E-state index contributed by atoms with van der Waals surface area (Å²) in [5, 5.41) is 3.44. The first-order valence-corrected chi connectivity index (χ1v) is 10.8. The Hall–Kier alpha value is -2.05. The van der Waals surface area contributed by atoms with Gasteiger partial charge in [0.05, 0.1) is 24.6 Å². The Morgan fingerprint density at radius 1 is 1.10 bits per heavy atom. The highest BCUT2D eigenvalue weighted by molar-refractivity contribution is 6.30. The first-order valence-electron chi connectivity index (χ1n) is 10.1. The Labute approximate surface area is 187 Å². The molecule has 0 spiro atoms. The number of hydrogen-bond acceptors (Lipinski definition) is 4. The Balaban J connectivity index is 1.41. The van der Waals surface area contributed by atoms with Crippen molar-refractivity contribution in [3.05, 3.63) is 82.9 Å². The molecular formula is C23H25Cl2N3O2. The molecule has 0 amide bonds. The average Bonchev–Trinajstić information content (AvgIpc) is 3.36. The Morgan fingerprint density at radius 3 is 2.47 bits per heavy atom. The third-order valence-electron chi connectivity index (χ3n) is 5.61. The molecule has 2 unspecified atom stereocenters. The number of benzene rings is 2. The molecule has 30 heavy (non-hydrogen) atoms. The van der Waals surface area contributed by atoms with Crippen LogP contribution in [0.15, 0.2) is 67.3 Å². The van der Waals surface area contributed by atoms with Crippen LogP contribution in [0.4, 0.5) is 0 Å².